The Morgan fingerprint density at radius 2 is 0.472 bits per heavy atom. The summed E-state index contributed by atoms with van der Waals surface area (Å²) < 4.78 is 69.7. The molecule has 394 valence electrons. The molecular formula is C58H81O11P3. The van der Waals surface area contributed by atoms with E-state index in [0.29, 0.717) is 56.0 Å². The van der Waals surface area contributed by atoms with Gasteiger partial charge in [-0.2, -0.15) is 0 Å². The molecular weight excluding hydrogens is 966 g/mol. The van der Waals surface area contributed by atoms with E-state index in [4.69, 9.17) is 50.2 Å². The number of benzene rings is 5. The Labute approximate surface area is 435 Å². The van der Waals surface area contributed by atoms with E-state index in [0.717, 1.165) is 88.7 Å². The molecule has 14 heteroatoms. The van der Waals surface area contributed by atoms with E-state index in [9.17, 15) is 0 Å². The van der Waals surface area contributed by atoms with Crippen molar-refractivity contribution in [1.82, 2.24) is 0 Å². The van der Waals surface area contributed by atoms with Gasteiger partial charge in [-0.3, -0.25) is 9.05 Å². The van der Waals surface area contributed by atoms with Gasteiger partial charge in [0.15, 0.2) is 0 Å². The normalized spacial score (nSPS) is 14.9. The Morgan fingerprint density at radius 1 is 0.278 bits per heavy atom. The lowest BCUT2D eigenvalue weighted by molar-refractivity contribution is 0.0559. The molecule has 0 fully saturated rings. The Morgan fingerprint density at radius 3 is 0.694 bits per heavy atom. The summed E-state index contributed by atoms with van der Waals surface area (Å²) in [7, 11) is -5.41. The van der Waals surface area contributed by atoms with Crippen molar-refractivity contribution < 1.29 is 50.2 Å². The van der Waals surface area contributed by atoms with E-state index in [1.54, 1.807) is 0 Å². The molecule has 0 amide bonds. The van der Waals surface area contributed by atoms with E-state index >= 15 is 0 Å². The van der Waals surface area contributed by atoms with Crippen LogP contribution < -0.4 is 22.6 Å². The minimum Gasteiger partial charge on any atom is -0.426 e. The SMILES string of the molecule is CCC(C)c1ccccc1OP(OCCOCCOP(Oc1ccccc1C(C)CC)Oc1ccccc1C(C)CC)OCCOCCOP(Oc1ccccc1C(C)CC)Oc1ccccc1C(C)CC. The highest BCUT2D eigenvalue weighted by atomic mass is 31.2. The van der Waals surface area contributed by atoms with Gasteiger partial charge in [-0.25, -0.2) is 0 Å². The molecule has 0 saturated carbocycles. The molecule has 0 spiro atoms. The highest BCUT2D eigenvalue weighted by molar-refractivity contribution is 7.43. The molecule has 0 aliphatic rings. The van der Waals surface area contributed by atoms with Crippen molar-refractivity contribution in [2.45, 2.75) is 131 Å². The second-order valence-corrected chi connectivity index (χ2v) is 21.2. The molecule has 0 aromatic heterocycles. The first-order valence-corrected chi connectivity index (χ1v) is 29.3. The molecule has 0 saturated heterocycles. The van der Waals surface area contributed by atoms with Crippen molar-refractivity contribution in [3.63, 3.8) is 0 Å². The summed E-state index contributed by atoms with van der Waals surface area (Å²) in [5, 5.41) is 0. The summed E-state index contributed by atoms with van der Waals surface area (Å²) in [6.07, 6.45) is 4.90. The number of hydrogen-bond acceptors (Lipinski definition) is 11. The second kappa shape index (κ2) is 33.1. The Balaban J connectivity index is 1.15. The van der Waals surface area contributed by atoms with E-state index in [2.05, 4.69) is 99.6 Å². The number of rotatable bonds is 36. The molecule has 72 heavy (non-hydrogen) atoms. The van der Waals surface area contributed by atoms with E-state index < -0.39 is 25.8 Å². The van der Waals surface area contributed by atoms with Crippen LogP contribution in [0.25, 0.3) is 0 Å². The Hall–Kier alpha value is -3.85. The summed E-state index contributed by atoms with van der Waals surface area (Å²) in [6, 6.07) is 40.5. The standard InChI is InChI=1S/C58H81O11P3/c1-11-44(6)49-26-16-21-31-54(49)65-70(61-40-36-59-38-42-63-71(66-55-32-22-17-27-50(55)45(7)12-2)67-56-33-23-18-28-51(56)46(8)13-3)62-41-37-60-39-43-64-72(68-57-34-24-19-29-52(57)47(9)14-4)69-58-35-25-20-30-53(58)48(10)15-5/h16-35,44-48H,11-15,36-43H2,1-10H3. The monoisotopic (exact) mass is 1050 g/mol. The zero-order chi connectivity index (χ0) is 51.5. The van der Waals surface area contributed by atoms with E-state index in [1.807, 2.05) is 91.0 Å². The minimum atomic E-state index is -1.80. The molecule has 0 aliphatic heterocycles. The van der Waals surface area contributed by atoms with Gasteiger partial charge in [0.2, 0.25) is 0 Å². The third-order valence-corrected chi connectivity index (χ3v) is 16.2. The Bertz CT molecular complexity index is 2030. The number of ether oxygens (including phenoxy) is 2. The second-order valence-electron chi connectivity index (χ2n) is 17.9. The summed E-state index contributed by atoms with van der Waals surface area (Å²) in [5.41, 5.74) is 5.58. The van der Waals surface area contributed by atoms with Crippen molar-refractivity contribution in [2.24, 2.45) is 0 Å². The van der Waals surface area contributed by atoms with Crippen LogP contribution >= 0.6 is 25.8 Å². The van der Waals surface area contributed by atoms with Gasteiger partial charge < -0.3 is 41.1 Å². The van der Waals surface area contributed by atoms with Crippen molar-refractivity contribution in [3.05, 3.63) is 149 Å². The average molecular weight is 1050 g/mol. The van der Waals surface area contributed by atoms with Crippen LogP contribution in [0.3, 0.4) is 0 Å². The zero-order valence-electron chi connectivity index (χ0n) is 44.5. The fraction of sp³-hybridized carbons (Fsp3) is 0.483. The van der Waals surface area contributed by atoms with Crippen LogP contribution in [0.4, 0.5) is 0 Å². The molecule has 5 atom stereocenters. The van der Waals surface area contributed by atoms with Crippen LogP contribution in [0, 0.1) is 0 Å². The van der Waals surface area contributed by atoms with Crippen molar-refractivity contribution in [2.75, 3.05) is 52.9 Å². The maximum atomic E-state index is 6.52. The summed E-state index contributed by atoms with van der Waals surface area (Å²) in [5.74, 6) is 5.33. The number of para-hydroxylation sites is 5. The predicted molar refractivity (Wildman–Crippen MR) is 295 cm³/mol. The van der Waals surface area contributed by atoms with Gasteiger partial charge in [0.05, 0.1) is 52.9 Å². The van der Waals surface area contributed by atoms with Gasteiger partial charge in [-0.05, 0) is 120 Å². The summed E-state index contributed by atoms with van der Waals surface area (Å²) in [4.78, 5) is 0. The molecule has 5 aromatic carbocycles. The molecule has 5 aromatic rings. The van der Waals surface area contributed by atoms with Gasteiger partial charge in [0.25, 0.3) is 0 Å². The van der Waals surface area contributed by atoms with Crippen molar-refractivity contribution in [3.8, 4) is 28.7 Å². The van der Waals surface area contributed by atoms with Gasteiger partial charge >= 0.3 is 25.8 Å². The van der Waals surface area contributed by atoms with Gasteiger partial charge in [0, 0.05) is 0 Å². The molecule has 0 bridgehead atoms. The van der Waals surface area contributed by atoms with Crippen molar-refractivity contribution in [1.29, 1.82) is 0 Å². The molecule has 5 rings (SSSR count). The van der Waals surface area contributed by atoms with E-state index in [1.165, 1.54) is 0 Å². The van der Waals surface area contributed by atoms with Gasteiger partial charge in [-0.1, -0.05) is 160 Å². The highest BCUT2D eigenvalue weighted by Gasteiger charge is 2.25. The highest BCUT2D eigenvalue weighted by Crippen LogP contribution is 2.48. The third kappa shape index (κ3) is 19.1. The van der Waals surface area contributed by atoms with E-state index in [-0.39, 0.29) is 26.4 Å². The van der Waals surface area contributed by atoms with Crippen LogP contribution in [0.15, 0.2) is 121 Å². The largest absolute Gasteiger partial charge is 0.463 e. The molecule has 0 heterocycles. The van der Waals surface area contributed by atoms with Gasteiger partial charge in [0.1, 0.15) is 28.7 Å². The maximum absolute atomic E-state index is 6.52. The first-order valence-electron chi connectivity index (χ1n) is 26.0. The lowest BCUT2D eigenvalue weighted by Crippen LogP contribution is -2.12. The third-order valence-electron chi connectivity index (χ3n) is 12.9. The Kier molecular flexibility index (Phi) is 27.2. The lowest BCUT2D eigenvalue weighted by Gasteiger charge is -2.23. The fourth-order valence-corrected chi connectivity index (χ4v) is 10.5. The minimum absolute atomic E-state index is 0.238. The zero-order valence-corrected chi connectivity index (χ0v) is 47.1. The molecule has 0 aliphatic carbocycles. The molecule has 11 nitrogen and oxygen atoms in total. The van der Waals surface area contributed by atoms with Crippen LogP contribution in [-0.2, 0) is 27.6 Å². The van der Waals surface area contributed by atoms with Crippen molar-refractivity contribution >= 4 is 25.8 Å². The lowest BCUT2D eigenvalue weighted by atomic mass is 9.98. The first-order chi connectivity index (χ1) is 35.1. The predicted octanol–water partition coefficient (Wildman–Crippen LogP) is 17.7. The summed E-state index contributed by atoms with van der Waals surface area (Å²) >= 11 is 0. The average Bonchev–Trinajstić information content (AvgIpc) is 3.41. The van der Waals surface area contributed by atoms with Crippen LogP contribution in [-0.4, -0.2) is 52.9 Å². The summed E-state index contributed by atoms with van der Waals surface area (Å²) in [6.45, 7) is 24.0. The first kappa shape index (κ1) is 59.0. The molecule has 5 unspecified atom stereocenters. The topological polar surface area (TPSA) is 102 Å². The molecule has 0 radical (unpaired) electrons. The maximum Gasteiger partial charge on any atom is 0.463 e. The number of hydrogen-bond donors (Lipinski definition) is 0. The fourth-order valence-electron chi connectivity index (χ4n) is 7.47. The van der Waals surface area contributed by atoms with Crippen LogP contribution in [0.5, 0.6) is 28.7 Å². The van der Waals surface area contributed by atoms with Crippen LogP contribution in [0.1, 0.15) is 159 Å². The molecule has 0 N–H and O–H groups in total. The quantitative estimate of drug-likeness (QED) is 0.0283. The van der Waals surface area contributed by atoms with Gasteiger partial charge in [-0.15, -0.1) is 0 Å². The smallest absolute Gasteiger partial charge is 0.426 e. The van der Waals surface area contributed by atoms with Crippen LogP contribution in [0.2, 0.25) is 0 Å².